The number of nitrogens with zero attached hydrogens (tertiary/aromatic N) is 1. The summed E-state index contributed by atoms with van der Waals surface area (Å²) >= 11 is 23.8. The van der Waals surface area contributed by atoms with E-state index in [1.165, 1.54) is 0 Å². The van der Waals surface area contributed by atoms with Crippen LogP contribution in [0.15, 0.2) is 18.2 Å². The summed E-state index contributed by atoms with van der Waals surface area (Å²) in [6.07, 6.45) is 0. The van der Waals surface area contributed by atoms with Gasteiger partial charge in [-0.1, -0.05) is 64.6 Å². The summed E-state index contributed by atoms with van der Waals surface area (Å²) in [4.78, 5) is 3.57. The van der Waals surface area contributed by atoms with E-state index in [0.29, 0.717) is 15.7 Å². The summed E-state index contributed by atoms with van der Waals surface area (Å²) in [5.41, 5.74) is 2.18. The van der Waals surface area contributed by atoms with Crippen LogP contribution in [0.4, 0.5) is 0 Å². The number of aromatic nitrogens is 1. The Labute approximate surface area is 113 Å². The molecule has 16 heavy (non-hydrogen) atoms. The second-order valence-corrected chi connectivity index (χ2v) is 5.25. The minimum absolute atomic E-state index is 0.315. The van der Waals surface area contributed by atoms with Crippen molar-refractivity contribution in [1.82, 2.24) is 4.98 Å². The second-order valence-electron chi connectivity index (χ2n) is 3.40. The van der Waals surface area contributed by atoms with Gasteiger partial charge in [-0.2, -0.15) is 0 Å². The predicted molar refractivity (Wildman–Crippen MR) is 70.9 cm³/mol. The van der Waals surface area contributed by atoms with Crippen molar-refractivity contribution in [3.05, 3.63) is 39.5 Å². The third-order valence-corrected chi connectivity index (χ3v) is 3.62. The number of rotatable bonds is 1. The summed E-state index contributed by atoms with van der Waals surface area (Å²) in [7, 11) is 0. The molecule has 0 unspecified atom stereocenters. The van der Waals surface area contributed by atoms with E-state index in [1.54, 1.807) is 0 Å². The normalized spacial score (nSPS) is 11.4. The molecule has 84 valence electrons. The highest BCUT2D eigenvalue weighted by atomic mass is 35.5. The van der Waals surface area contributed by atoms with Gasteiger partial charge in [-0.15, -0.1) is 0 Å². The SMILES string of the molecule is Cc1cccc2c(Cl)c(Cl)c(C(Cl)Cl)nc12. The molecular weight excluding hydrogens is 288 g/mol. The molecule has 2 aromatic rings. The maximum Gasteiger partial charge on any atom is 0.151 e. The summed E-state index contributed by atoms with van der Waals surface area (Å²) in [5.74, 6) is 0. The Morgan fingerprint density at radius 3 is 2.44 bits per heavy atom. The minimum Gasteiger partial charge on any atom is -0.248 e. The maximum absolute atomic E-state index is 6.16. The zero-order valence-corrected chi connectivity index (χ0v) is 11.3. The standard InChI is InChI=1S/C11H7Cl4N/c1-5-3-2-4-6-7(12)8(13)10(11(14)15)16-9(5)6/h2-4,11H,1H3. The van der Waals surface area contributed by atoms with E-state index < -0.39 is 4.84 Å². The van der Waals surface area contributed by atoms with Crippen molar-refractivity contribution in [2.75, 3.05) is 0 Å². The zero-order valence-electron chi connectivity index (χ0n) is 8.27. The van der Waals surface area contributed by atoms with Gasteiger partial charge in [-0.05, 0) is 12.5 Å². The molecule has 0 aliphatic rings. The number of benzene rings is 1. The first-order valence-corrected chi connectivity index (χ1v) is 6.17. The molecule has 0 atom stereocenters. The average molecular weight is 295 g/mol. The molecule has 1 aromatic carbocycles. The summed E-state index contributed by atoms with van der Waals surface area (Å²) in [5, 5.41) is 1.57. The Hall–Kier alpha value is -0.210. The molecule has 2 rings (SSSR count). The van der Waals surface area contributed by atoms with E-state index in [1.807, 2.05) is 25.1 Å². The Morgan fingerprint density at radius 1 is 1.12 bits per heavy atom. The van der Waals surface area contributed by atoms with Crippen molar-refractivity contribution >= 4 is 57.3 Å². The highest BCUT2D eigenvalue weighted by Crippen LogP contribution is 2.38. The number of halogens is 4. The van der Waals surface area contributed by atoms with Crippen LogP contribution in [0.1, 0.15) is 16.1 Å². The van der Waals surface area contributed by atoms with Gasteiger partial charge < -0.3 is 0 Å². The molecule has 0 saturated heterocycles. The van der Waals surface area contributed by atoms with Crippen LogP contribution in [0.5, 0.6) is 0 Å². The fourth-order valence-corrected chi connectivity index (χ4v) is 2.46. The van der Waals surface area contributed by atoms with Gasteiger partial charge in [0.05, 0.1) is 21.3 Å². The van der Waals surface area contributed by atoms with Crippen molar-refractivity contribution in [1.29, 1.82) is 0 Å². The fraction of sp³-hybridized carbons (Fsp3) is 0.182. The molecule has 0 aliphatic heterocycles. The third-order valence-electron chi connectivity index (χ3n) is 2.33. The highest BCUT2D eigenvalue weighted by Gasteiger charge is 2.17. The summed E-state index contributed by atoms with van der Waals surface area (Å²) in [6, 6.07) is 5.71. The molecule has 0 aliphatic carbocycles. The molecule has 0 fully saturated rings. The lowest BCUT2D eigenvalue weighted by molar-refractivity contribution is 1.18. The van der Waals surface area contributed by atoms with Crippen molar-refractivity contribution in [3.63, 3.8) is 0 Å². The van der Waals surface area contributed by atoms with Gasteiger partial charge >= 0.3 is 0 Å². The zero-order chi connectivity index (χ0) is 11.9. The highest BCUT2D eigenvalue weighted by molar-refractivity contribution is 6.48. The first kappa shape index (κ1) is 12.3. The van der Waals surface area contributed by atoms with Crippen molar-refractivity contribution in [2.45, 2.75) is 11.8 Å². The van der Waals surface area contributed by atoms with Crippen LogP contribution in [0.2, 0.25) is 10.0 Å². The first-order chi connectivity index (χ1) is 7.52. The van der Waals surface area contributed by atoms with Gasteiger partial charge in [-0.3, -0.25) is 0 Å². The Balaban J connectivity index is 2.89. The van der Waals surface area contributed by atoms with E-state index in [4.69, 9.17) is 46.4 Å². The van der Waals surface area contributed by atoms with Crippen LogP contribution in [0.25, 0.3) is 10.9 Å². The molecule has 0 radical (unpaired) electrons. The monoisotopic (exact) mass is 293 g/mol. The molecule has 1 nitrogen and oxygen atoms in total. The lowest BCUT2D eigenvalue weighted by Gasteiger charge is -2.10. The molecule has 0 bridgehead atoms. The predicted octanol–water partition coefficient (Wildman–Crippen LogP) is 5.33. The lowest BCUT2D eigenvalue weighted by Crippen LogP contribution is -1.94. The van der Waals surface area contributed by atoms with Crippen LogP contribution in [-0.2, 0) is 0 Å². The molecule has 5 heteroatoms. The van der Waals surface area contributed by atoms with Gasteiger partial charge in [-0.25, -0.2) is 4.98 Å². The Morgan fingerprint density at radius 2 is 1.81 bits per heavy atom. The van der Waals surface area contributed by atoms with Crippen LogP contribution >= 0.6 is 46.4 Å². The lowest BCUT2D eigenvalue weighted by atomic mass is 10.1. The van der Waals surface area contributed by atoms with Crippen LogP contribution in [0.3, 0.4) is 0 Å². The van der Waals surface area contributed by atoms with Gasteiger partial charge in [0, 0.05) is 5.39 Å². The number of alkyl halides is 2. The Bertz CT molecular complexity index is 551. The smallest absolute Gasteiger partial charge is 0.151 e. The summed E-state index contributed by atoms with van der Waals surface area (Å²) in [6.45, 7) is 1.95. The fourth-order valence-electron chi connectivity index (χ4n) is 1.53. The van der Waals surface area contributed by atoms with Gasteiger partial charge in [0.2, 0.25) is 0 Å². The topological polar surface area (TPSA) is 12.9 Å². The molecule has 0 saturated carbocycles. The van der Waals surface area contributed by atoms with Crippen molar-refractivity contribution in [3.8, 4) is 0 Å². The van der Waals surface area contributed by atoms with Gasteiger partial charge in [0.1, 0.15) is 0 Å². The average Bonchev–Trinajstić information content (AvgIpc) is 2.23. The van der Waals surface area contributed by atoms with Crippen LogP contribution in [0, 0.1) is 6.92 Å². The number of fused-ring (bicyclic) bond motifs is 1. The molecule has 1 heterocycles. The molecule has 0 spiro atoms. The molecule has 1 aromatic heterocycles. The summed E-state index contributed by atoms with van der Waals surface area (Å²) < 4.78 is 0. The van der Waals surface area contributed by atoms with Crippen molar-refractivity contribution in [2.24, 2.45) is 0 Å². The third kappa shape index (κ3) is 1.98. The van der Waals surface area contributed by atoms with Crippen LogP contribution in [-0.4, -0.2) is 4.98 Å². The van der Waals surface area contributed by atoms with E-state index in [-0.39, 0.29) is 0 Å². The molecular formula is C11H7Cl4N. The quantitative estimate of drug-likeness (QED) is 0.648. The number of para-hydroxylation sites is 1. The number of aryl methyl sites for hydroxylation is 1. The van der Waals surface area contributed by atoms with E-state index in [0.717, 1.165) is 16.5 Å². The second kappa shape index (κ2) is 4.58. The van der Waals surface area contributed by atoms with Gasteiger partial charge in [0.25, 0.3) is 0 Å². The van der Waals surface area contributed by atoms with Gasteiger partial charge in [0.15, 0.2) is 4.84 Å². The number of hydrogen-bond acceptors (Lipinski definition) is 1. The minimum atomic E-state index is -0.783. The first-order valence-electron chi connectivity index (χ1n) is 4.54. The van der Waals surface area contributed by atoms with E-state index in [9.17, 15) is 0 Å². The number of hydrogen-bond donors (Lipinski definition) is 0. The van der Waals surface area contributed by atoms with E-state index >= 15 is 0 Å². The molecule has 0 amide bonds. The largest absolute Gasteiger partial charge is 0.248 e. The van der Waals surface area contributed by atoms with E-state index in [2.05, 4.69) is 4.98 Å². The molecule has 0 N–H and O–H groups in total. The number of pyridine rings is 1. The maximum atomic E-state index is 6.16. The van der Waals surface area contributed by atoms with Crippen LogP contribution < -0.4 is 0 Å². The van der Waals surface area contributed by atoms with Crippen molar-refractivity contribution < 1.29 is 0 Å². The Kier molecular flexibility index (Phi) is 3.50.